The highest BCUT2D eigenvalue weighted by Gasteiger charge is 2.33. The maximum absolute atomic E-state index is 12.9. The van der Waals surface area contributed by atoms with E-state index in [0.29, 0.717) is 24.5 Å². The van der Waals surface area contributed by atoms with Crippen LogP contribution in [-0.4, -0.2) is 31.3 Å². The van der Waals surface area contributed by atoms with Gasteiger partial charge in [0.1, 0.15) is 11.5 Å². The van der Waals surface area contributed by atoms with Crippen molar-refractivity contribution >= 4 is 5.82 Å². The van der Waals surface area contributed by atoms with Gasteiger partial charge in [0, 0.05) is 31.8 Å². The number of aromatic nitrogens is 1. The van der Waals surface area contributed by atoms with Crippen LogP contribution in [0.3, 0.4) is 0 Å². The number of pyridine rings is 1. The summed E-state index contributed by atoms with van der Waals surface area (Å²) < 4.78 is 43.6. The topological polar surface area (TPSA) is 51.4 Å². The lowest BCUT2D eigenvalue weighted by Gasteiger charge is -2.31. The molecule has 0 spiro atoms. The van der Waals surface area contributed by atoms with Gasteiger partial charge in [0.25, 0.3) is 0 Å². The number of nitrogens with two attached hydrogens (primary N) is 1. The fraction of sp³-hybridized carbons (Fsp3) is 0.643. The first kappa shape index (κ1) is 17.7. The second kappa shape index (κ2) is 7.61. The monoisotopic (exact) mass is 305 g/mol. The molecule has 21 heavy (non-hydrogen) atoms. The molecule has 1 unspecified atom stereocenters. The van der Waals surface area contributed by atoms with Crippen LogP contribution in [0.15, 0.2) is 12.1 Å². The first-order chi connectivity index (χ1) is 9.85. The zero-order valence-electron chi connectivity index (χ0n) is 12.6. The van der Waals surface area contributed by atoms with Crippen LogP contribution in [0.5, 0.6) is 0 Å². The zero-order valence-corrected chi connectivity index (χ0v) is 12.6. The van der Waals surface area contributed by atoms with E-state index in [9.17, 15) is 13.2 Å². The Morgan fingerprint density at radius 2 is 2.05 bits per heavy atom. The molecule has 0 saturated heterocycles. The Balaban J connectivity index is 3.25. The molecule has 1 aromatic rings. The summed E-state index contributed by atoms with van der Waals surface area (Å²) in [4.78, 5) is 5.62. The minimum Gasteiger partial charge on any atom is -0.383 e. The van der Waals surface area contributed by atoms with E-state index >= 15 is 0 Å². The summed E-state index contributed by atoms with van der Waals surface area (Å²) >= 11 is 0. The lowest BCUT2D eigenvalue weighted by Crippen LogP contribution is -2.37. The van der Waals surface area contributed by atoms with Crippen molar-refractivity contribution in [2.24, 2.45) is 5.73 Å². The predicted molar refractivity (Wildman–Crippen MR) is 76.1 cm³/mol. The average molecular weight is 305 g/mol. The van der Waals surface area contributed by atoms with Crippen LogP contribution < -0.4 is 10.6 Å². The normalized spacial score (nSPS) is 13.3. The number of hydrogen-bond acceptors (Lipinski definition) is 4. The van der Waals surface area contributed by atoms with E-state index in [1.54, 1.807) is 7.11 Å². The van der Waals surface area contributed by atoms with Crippen molar-refractivity contribution in [2.75, 3.05) is 25.2 Å². The van der Waals surface area contributed by atoms with E-state index in [2.05, 4.69) is 4.98 Å². The van der Waals surface area contributed by atoms with Gasteiger partial charge in [-0.2, -0.15) is 13.2 Å². The van der Waals surface area contributed by atoms with Gasteiger partial charge in [-0.3, -0.25) is 0 Å². The van der Waals surface area contributed by atoms with Gasteiger partial charge in [0.2, 0.25) is 0 Å². The molecule has 0 radical (unpaired) electrons. The molecule has 1 aromatic heterocycles. The van der Waals surface area contributed by atoms with E-state index in [1.807, 2.05) is 18.7 Å². The Morgan fingerprint density at radius 1 is 1.38 bits per heavy atom. The number of rotatable bonds is 7. The number of halogens is 3. The van der Waals surface area contributed by atoms with Crippen LogP contribution in [0.2, 0.25) is 0 Å². The fourth-order valence-corrected chi connectivity index (χ4v) is 1.99. The van der Waals surface area contributed by atoms with Crippen molar-refractivity contribution in [1.82, 2.24) is 4.98 Å². The molecule has 2 N–H and O–H groups in total. The molecule has 1 rings (SSSR count). The summed E-state index contributed by atoms with van der Waals surface area (Å²) in [5.74, 6) is 0.290. The minimum atomic E-state index is -4.47. The largest absolute Gasteiger partial charge is 0.433 e. The smallest absolute Gasteiger partial charge is 0.383 e. The van der Waals surface area contributed by atoms with E-state index < -0.39 is 11.9 Å². The standard InChI is InChI=1S/C14H22F3N3O/c1-4-10(2)20(7-8-21-3)13-11(9-18)5-6-12(19-13)14(15,16)17/h5-6,10H,4,7-9,18H2,1-3H3. The van der Waals surface area contributed by atoms with E-state index in [0.717, 1.165) is 12.5 Å². The van der Waals surface area contributed by atoms with Crippen molar-refractivity contribution in [3.63, 3.8) is 0 Å². The Hall–Kier alpha value is -1.34. The van der Waals surface area contributed by atoms with Crippen molar-refractivity contribution in [3.05, 3.63) is 23.4 Å². The third-order valence-electron chi connectivity index (χ3n) is 3.40. The summed E-state index contributed by atoms with van der Waals surface area (Å²) in [6, 6.07) is 2.41. The predicted octanol–water partition coefficient (Wildman–Crippen LogP) is 2.81. The van der Waals surface area contributed by atoms with Crippen molar-refractivity contribution in [2.45, 2.75) is 39.0 Å². The summed E-state index contributed by atoms with van der Waals surface area (Å²) in [7, 11) is 1.55. The van der Waals surface area contributed by atoms with Gasteiger partial charge in [-0.1, -0.05) is 13.0 Å². The Labute approximate surface area is 123 Å². The van der Waals surface area contributed by atoms with Crippen molar-refractivity contribution in [1.29, 1.82) is 0 Å². The molecule has 7 heteroatoms. The third kappa shape index (κ3) is 4.57. The molecule has 1 atom stereocenters. The van der Waals surface area contributed by atoms with Crippen LogP contribution in [0, 0.1) is 0 Å². The summed E-state index contributed by atoms with van der Waals surface area (Å²) in [6.45, 7) is 4.93. The van der Waals surface area contributed by atoms with Gasteiger partial charge in [0.15, 0.2) is 0 Å². The number of ether oxygens (including phenoxy) is 1. The van der Waals surface area contributed by atoms with Gasteiger partial charge in [-0.05, 0) is 19.4 Å². The molecule has 0 aliphatic rings. The molecule has 0 aromatic carbocycles. The van der Waals surface area contributed by atoms with Crippen LogP contribution in [0.4, 0.5) is 19.0 Å². The Kier molecular flexibility index (Phi) is 6.42. The van der Waals surface area contributed by atoms with Crippen LogP contribution in [0.25, 0.3) is 0 Å². The second-order valence-corrected chi connectivity index (χ2v) is 4.82. The fourth-order valence-electron chi connectivity index (χ4n) is 1.99. The number of nitrogens with zero attached hydrogens (tertiary/aromatic N) is 2. The lowest BCUT2D eigenvalue weighted by molar-refractivity contribution is -0.141. The molecule has 0 aliphatic heterocycles. The molecular weight excluding hydrogens is 283 g/mol. The minimum absolute atomic E-state index is 0.0430. The molecule has 0 aliphatic carbocycles. The molecule has 0 bridgehead atoms. The Bertz CT molecular complexity index is 452. The molecule has 0 saturated carbocycles. The first-order valence-corrected chi connectivity index (χ1v) is 6.87. The molecule has 4 nitrogen and oxygen atoms in total. The quantitative estimate of drug-likeness (QED) is 0.841. The molecular formula is C14H22F3N3O. The summed E-state index contributed by atoms with van der Waals surface area (Å²) in [6.07, 6.45) is -3.68. The van der Waals surface area contributed by atoms with Gasteiger partial charge in [0.05, 0.1) is 6.61 Å². The number of hydrogen-bond donors (Lipinski definition) is 1. The summed E-state index contributed by atoms with van der Waals surface area (Å²) in [5, 5.41) is 0. The number of methoxy groups -OCH3 is 1. The Morgan fingerprint density at radius 3 is 2.52 bits per heavy atom. The van der Waals surface area contributed by atoms with E-state index in [-0.39, 0.29) is 12.6 Å². The van der Waals surface area contributed by atoms with Gasteiger partial charge in [-0.25, -0.2) is 4.98 Å². The molecule has 0 amide bonds. The zero-order chi connectivity index (χ0) is 16.0. The third-order valence-corrected chi connectivity index (χ3v) is 3.40. The lowest BCUT2D eigenvalue weighted by atomic mass is 10.1. The maximum Gasteiger partial charge on any atom is 0.433 e. The van der Waals surface area contributed by atoms with Crippen LogP contribution in [-0.2, 0) is 17.5 Å². The van der Waals surface area contributed by atoms with Crippen molar-refractivity contribution < 1.29 is 17.9 Å². The highest BCUT2D eigenvalue weighted by molar-refractivity contribution is 5.49. The van der Waals surface area contributed by atoms with Gasteiger partial charge in [-0.15, -0.1) is 0 Å². The van der Waals surface area contributed by atoms with E-state index in [1.165, 1.54) is 6.07 Å². The van der Waals surface area contributed by atoms with Gasteiger partial charge < -0.3 is 15.4 Å². The van der Waals surface area contributed by atoms with Crippen molar-refractivity contribution in [3.8, 4) is 0 Å². The molecule has 120 valence electrons. The second-order valence-electron chi connectivity index (χ2n) is 4.82. The molecule has 1 heterocycles. The number of anilines is 1. The maximum atomic E-state index is 12.9. The highest BCUT2D eigenvalue weighted by atomic mass is 19.4. The number of alkyl halides is 3. The molecule has 0 fully saturated rings. The van der Waals surface area contributed by atoms with Gasteiger partial charge >= 0.3 is 6.18 Å². The van der Waals surface area contributed by atoms with E-state index in [4.69, 9.17) is 10.5 Å². The first-order valence-electron chi connectivity index (χ1n) is 6.87. The SMILES string of the molecule is CCC(C)N(CCOC)c1nc(C(F)(F)F)ccc1CN. The van der Waals surface area contributed by atoms with Crippen LogP contribution >= 0.6 is 0 Å². The average Bonchev–Trinajstić information content (AvgIpc) is 2.46. The highest BCUT2D eigenvalue weighted by Crippen LogP contribution is 2.31. The summed E-state index contributed by atoms with van der Waals surface area (Å²) in [5.41, 5.74) is 5.33. The van der Waals surface area contributed by atoms with Crippen LogP contribution in [0.1, 0.15) is 31.5 Å².